The van der Waals surface area contributed by atoms with E-state index in [0.717, 1.165) is 17.8 Å². The molecule has 1 heterocycles. The maximum Gasteiger partial charge on any atom is 0.123 e. The van der Waals surface area contributed by atoms with Crippen LogP contribution in [0.1, 0.15) is 5.56 Å². The molecule has 2 nitrogen and oxygen atoms in total. The topological polar surface area (TPSA) is 17.8 Å². The lowest BCUT2D eigenvalue weighted by molar-refractivity contribution is 0.628. The van der Waals surface area contributed by atoms with E-state index in [0.29, 0.717) is 0 Å². The molecular weight excluding hydrogens is 239 g/mol. The number of benzene rings is 2. The van der Waals surface area contributed by atoms with Crippen LogP contribution >= 0.6 is 0 Å². The van der Waals surface area contributed by atoms with Gasteiger partial charge in [-0.25, -0.2) is 9.37 Å². The van der Waals surface area contributed by atoms with Crippen LogP contribution in [-0.4, -0.2) is 9.55 Å². The summed E-state index contributed by atoms with van der Waals surface area (Å²) in [5, 5.41) is 0. The highest BCUT2D eigenvalue weighted by molar-refractivity contribution is 5.58. The average molecular weight is 252 g/mol. The Labute approximate surface area is 111 Å². The molecule has 0 N–H and O–H groups in total. The summed E-state index contributed by atoms with van der Waals surface area (Å²) in [6.45, 7) is 0.767. The molecule has 0 aliphatic carbocycles. The van der Waals surface area contributed by atoms with Gasteiger partial charge in [-0.1, -0.05) is 42.5 Å². The first-order valence-corrected chi connectivity index (χ1v) is 6.13. The highest BCUT2D eigenvalue weighted by atomic mass is 19.1. The number of nitrogens with zero attached hydrogens (tertiary/aromatic N) is 2. The Balaban J connectivity index is 1.84. The molecule has 0 aliphatic heterocycles. The Morgan fingerprint density at radius 1 is 1.00 bits per heavy atom. The maximum absolute atomic E-state index is 13.2. The monoisotopic (exact) mass is 252 g/mol. The van der Waals surface area contributed by atoms with Crippen molar-refractivity contribution in [2.45, 2.75) is 6.54 Å². The van der Waals surface area contributed by atoms with Crippen LogP contribution < -0.4 is 0 Å². The SMILES string of the molecule is Fc1cccc(-c2cn(Cc3ccccc3)cn2)c1. The standard InChI is InChI=1S/C16H13FN2/c17-15-8-4-7-14(9-15)16-11-19(12-18-16)10-13-5-2-1-3-6-13/h1-9,11-12H,10H2. The molecule has 0 saturated heterocycles. The molecule has 2 aromatic carbocycles. The molecule has 94 valence electrons. The fourth-order valence-corrected chi connectivity index (χ4v) is 2.04. The molecule has 19 heavy (non-hydrogen) atoms. The first-order chi connectivity index (χ1) is 9.31. The summed E-state index contributed by atoms with van der Waals surface area (Å²) >= 11 is 0. The van der Waals surface area contributed by atoms with E-state index in [2.05, 4.69) is 17.1 Å². The Morgan fingerprint density at radius 2 is 1.84 bits per heavy atom. The predicted molar refractivity (Wildman–Crippen MR) is 73.2 cm³/mol. The van der Waals surface area contributed by atoms with E-state index in [1.165, 1.54) is 17.7 Å². The minimum atomic E-state index is -0.241. The Hall–Kier alpha value is -2.42. The molecule has 0 spiro atoms. The van der Waals surface area contributed by atoms with E-state index < -0.39 is 0 Å². The minimum absolute atomic E-state index is 0.241. The van der Waals surface area contributed by atoms with Gasteiger partial charge in [0.15, 0.2) is 0 Å². The molecule has 3 rings (SSSR count). The van der Waals surface area contributed by atoms with Gasteiger partial charge in [0.2, 0.25) is 0 Å². The van der Waals surface area contributed by atoms with E-state index in [-0.39, 0.29) is 5.82 Å². The van der Waals surface area contributed by atoms with Crippen LogP contribution in [0.3, 0.4) is 0 Å². The van der Waals surface area contributed by atoms with E-state index in [4.69, 9.17) is 0 Å². The van der Waals surface area contributed by atoms with Crippen molar-refractivity contribution in [3.8, 4) is 11.3 Å². The van der Waals surface area contributed by atoms with Crippen molar-refractivity contribution in [3.63, 3.8) is 0 Å². The predicted octanol–water partition coefficient (Wildman–Crippen LogP) is 3.74. The van der Waals surface area contributed by atoms with Gasteiger partial charge in [-0.3, -0.25) is 0 Å². The molecule has 3 aromatic rings. The van der Waals surface area contributed by atoms with Crippen molar-refractivity contribution in [1.82, 2.24) is 9.55 Å². The smallest absolute Gasteiger partial charge is 0.123 e. The van der Waals surface area contributed by atoms with Crippen molar-refractivity contribution < 1.29 is 4.39 Å². The van der Waals surface area contributed by atoms with Crippen LogP contribution in [0.2, 0.25) is 0 Å². The third kappa shape index (κ3) is 2.71. The van der Waals surface area contributed by atoms with Crippen molar-refractivity contribution in [3.05, 3.63) is 78.5 Å². The van der Waals surface area contributed by atoms with Gasteiger partial charge in [-0.15, -0.1) is 0 Å². The van der Waals surface area contributed by atoms with Crippen LogP contribution in [0, 0.1) is 5.82 Å². The van der Waals surface area contributed by atoms with Gasteiger partial charge in [-0.2, -0.15) is 0 Å². The second kappa shape index (κ2) is 5.06. The zero-order valence-electron chi connectivity index (χ0n) is 10.3. The number of rotatable bonds is 3. The van der Waals surface area contributed by atoms with Gasteiger partial charge in [0.1, 0.15) is 5.82 Å². The summed E-state index contributed by atoms with van der Waals surface area (Å²) in [7, 11) is 0. The zero-order valence-corrected chi connectivity index (χ0v) is 10.3. The lowest BCUT2D eigenvalue weighted by Gasteiger charge is -2.01. The lowest BCUT2D eigenvalue weighted by Crippen LogP contribution is -1.95. The van der Waals surface area contributed by atoms with Gasteiger partial charge in [0, 0.05) is 18.3 Å². The maximum atomic E-state index is 13.2. The quantitative estimate of drug-likeness (QED) is 0.694. The van der Waals surface area contributed by atoms with Gasteiger partial charge in [0.25, 0.3) is 0 Å². The molecule has 0 atom stereocenters. The molecule has 0 bridgehead atoms. The summed E-state index contributed by atoms with van der Waals surface area (Å²) in [5.74, 6) is -0.241. The summed E-state index contributed by atoms with van der Waals surface area (Å²) < 4.78 is 15.2. The largest absolute Gasteiger partial charge is 0.332 e. The molecule has 0 radical (unpaired) electrons. The summed E-state index contributed by atoms with van der Waals surface area (Å²) in [6, 6.07) is 16.7. The fraction of sp³-hybridized carbons (Fsp3) is 0.0625. The second-order valence-electron chi connectivity index (χ2n) is 4.43. The molecule has 0 amide bonds. The number of hydrogen-bond donors (Lipinski definition) is 0. The van der Waals surface area contributed by atoms with Crippen LogP contribution in [0.25, 0.3) is 11.3 Å². The average Bonchev–Trinajstić information content (AvgIpc) is 2.88. The third-order valence-electron chi connectivity index (χ3n) is 2.96. The molecule has 3 heteroatoms. The number of hydrogen-bond acceptors (Lipinski definition) is 1. The molecular formula is C16H13FN2. The van der Waals surface area contributed by atoms with Crippen LogP contribution in [0.5, 0.6) is 0 Å². The molecule has 0 unspecified atom stereocenters. The first-order valence-electron chi connectivity index (χ1n) is 6.13. The molecule has 0 fully saturated rings. The van der Waals surface area contributed by atoms with E-state index in [1.54, 1.807) is 12.4 Å². The lowest BCUT2D eigenvalue weighted by atomic mass is 10.2. The zero-order chi connectivity index (χ0) is 13.1. The Morgan fingerprint density at radius 3 is 2.63 bits per heavy atom. The Kier molecular flexibility index (Phi) is 3.11. The Bertz CT molecular complexity index is 674. The van der Waals surface area contributed by atoms with Crippen molar-refractivity contribution >= 4 is 0 Å². The normalized spacial score (nSPS) is 10.6. The van der Waals surface area contributed by atoms with Crippen LogP contribution in [0.4, 0.5) is 4.39 Å². The van der Waals surface area contributed by atoms with Gasteiger partial charge in [0.05, 0.1) is 12.0 Å². The van der Waals surface area contributed by atoms with Crippen molar-refractivity contribution in [1.29, 1.82) is 0 Å². The summed E-state index contributed by atoms with van der Waals surface area (Å²) in [6.07, 6.45) is 3.70. The number of halogens is 1. The molecule has 1 aromatic heterocycles. The number of imidazole rings is 1. The summed E-state index contributed by atoms with van der Waals surface area (Å²) in [5.41, 5.74) is 2.80. The molecule has 0 aliphatic rings. The number of aromatic nitrogens is 2. The van der Waals surface area contributed by atoms with Crippen LogP contribution in [0.15, 0.2) is 67.1 Å². The highest BCUT2D eigenvalue weighted by Gasteiger charge is 2.03. The van der Waals surface area contributed by atoms with E-state index in [1.807, 2.05) is 35.0 Å². The fourth-order valence-electron chi connectivity index (χ4n) is 2.04. The minimum Gasteiger partial charge on any atom is -0.332 e. The van der Waals surface area contributed by atoms with Gasteiger partial charge >= 0.3 is 0 Å². The molecule has 0 saturated carbocycles. The summed E-state index contributed by atoms with van der Waals surface area (Å²) in [4.78, 5) is 4.32. The van der Waals surface area contributed by atoms with E-state index in [9.17, 15) is 4.39 Å². The highest BCUT2D eigenvalue weighted by Crippen LogP contribution is 2.18. The van der Waals surface area contributed by atoms with Gasteiger partial charge in [-0.05, 0) is 17.7 Å². The van der Waals surface area contributed by atoms with Crippen molar-refractivity contribution in [2.75, 3.05) is 0 Å². The van der Waals surface area contributed by atoms with E-state index >= 15 is 0 Å². The van der Waals surface area contributed by atoms with Gasteiger partial charge < -0.3 is 4.57 Å². The third-order valence-corrected chi connectivity index (χ3v) is 2.96. The first kappa shape index (κ1) is 11.7. The van der Waals surface area contributed by atoms with Crippen molar-refractivity contribution in [2.24, 2.45) is 0 Å². The second-order valence-corrected chi connectivity index (χ2v) is 4.43. The van der Waals surface area contributed by atoms with Crippen LogP contribution in [-0.2, 0) is 6.54 Å².